The predicted octanol–water partition coefficient (Wildman–Crippen LogP) is -6.41. The minimum Gasteiger partial charge on any atom is -0.726 e. The first-order valence-corrected chi connectivity index (χ1v) is 27.6. The van der Waals surface area contributed by atoms with Crippen LogP contribution in [0.25, 0.3) is 0 Å². The molecule has 10 unspecified atom stereocenters. The average Bonchev–Trinajstić information content (AvgIpc) is 3.47. The summed E-state index contributed by atoms with van der Waals surface area (Å²) in [5, 5.41) is 99.2. The number of rotatable bonds is 28. The van der Waals surface area contributed by atoms with E-state index in [9.17, 15) is 73.0 Å². The molecule has 4 fully saturated rings. The molecule has 30 heteroatoms. The normalized spacial score (nSPS) is 34.9. The van der Waals surface area contributed by atoms with Crippen LogP contribution in [0.15, 0.2) is 24.3 Å². The molecule has 28 nitrogen and oxygen atoms in total. The van der Waals surface area contributed by atoms with Crippen molar-refractivity contribution in [2.75, 3.05) is 33.0 Å². The van der Waals surface area contributed by atoms with Crippen molar-refractivity contribution in [1.29, 1.82) is 0 Å². The van der Waals surface area contributed by atoms with Gasteiger partial charge in [0.1, 0.15) is 97.1 Å². The second kappa shape index (κ2) is 32.9. The van der Waals surface area contributed by atoms with Gasteiger partial charge in [-0.3, -0.25) is 23.4 Å². The number of ether oxygens (including phenoxy) is 8. The molecule has 1 aromatic carbocycles. The van der Waals surface area contributed by atoms with E-state index in [1.54, 1.807) is 12.1 Å². The van der Waals surface area contributed by atoms with Crippen molar-refractivity contribution in [3.8, 4) is 5.75 Å². The maximum atomic E-state index is 13.8. The van der Waals surface area contributed by atoms with Crippen molar-refractivity contribution < 1.29 is 145 Å². The predicted molar refractivity (Wildman–Crippen MR) is 265 cm³/mol. The van der Waals surface area contributed by atoms with Gasteiger partial charge in [0.25, 0.3) is 5.91 Å². The van der Waals surface area contributed by atoms with Gasteiger partial charge < -0.3 is 105 Å². The van der Waals surface area contributed by atoms with Gasteiger partial charge in [-0.2, -0.15) is 0 Å². The summed E-state index contributed by atoms with van der Waals surface area (Å²) in [6.45, 7) is 3.39. The molecule has 20 atom stereocenters. The smallest absolute Gasteiger partial charge is 0.726 e. The number of unbranched alkanes of at least 4 members (excludes halogenated alkanes) is 8. The zero-order valence-corrected chi connectivity index (χ0v) is 48.1. The molecule has 4 aliphatic rings. The standard InChI is InChI=1S/C49H80N4O24S.Na/c1-6-7-8-9-10-11-12-13-14-18-69-29-17-15-16-28(19-29)46(65)53-35-39(61)38(60)30(20-54)72-47(35)75-43-31(21-55)73-48(36(41(43)63)51-26(4)58)76-44-32(22-56)74-49(37(42(44)64)52-27(5)59)77-45-33(23-70-78(66,67)68)71-24(2)34(40(45)62)50-25(3)57;/h15-17,19,24,30-45,47-49,54-56,60-64H,6-14,18,20-23H2,1-5H3,(H,50,57)(H,51,58)(H,52,59)(H,53,65)(H,66,67,68);/q;+1/p-1/t24?,30?,31-,32?,33-,34?,35-,36?,37-,38+,39+,40?,41?,42+,43+,44?,45+,47?,48?,49-;/m0./s1. The Morgan fingerprint density at radius 1 is 0.582 bits per heavy atom. The van der Waals surface area contributed by atoms with Crippen LogP contribution in [0, 0.1) is 0 Å². The number of carbonyl (C=O) groups excluding carboxylic acids is 4. The van der Waals surface area contributed by atoms with Crippen molar-refractivity contribution in [3.63, 3.8) is 0 Å². The maximum absolute atomic E-state index is 13.8. The summed E-state index contributed by atoms with van der Waals surface area (Å²) in [5.41, 5.74) is 0.0797. The van der Waals surface area contributed by atoms with Crippen LogP contribution in [-0.4, -0.2) is 233 Å². The van der Waals surface area contributed by atoms with Gasteiger partial charge in [-0.15, -0.1) is 0 Å². The second-order valence-corrected chi connectivity index (χ2v) is 20.9. The molecule has 0 aliphatic carbocycles. The van der Waals surface area contributed by atoms with E-state index in [2.05, 4.69) is 32.4 Å². The number of hydrogen-bond acceptors (Lipinski definition) is 24. The first kappa shape index (κ1) is 68.7. The van der Waals surface area contributed by atoms with Crippen molar-refractivity contribution >= 4 is 34.0 Å². The fourth-order valence-corrected chi connectivity index (χ4v) is 10.2. The van der Waals surface area contributed by atoms with Gasteiger partial charge in [0.15, 0.2) is 18.9 Å². The van der Waals surface area contributed by atoms with E-state index in [4.69, 9.17) is 37.9 Å². The third-order valence-electron chi connectivity index (χ3n) is 13.8. The zero-order valence-electron chi connectivity index (χ0n) is 45.3. The summed E-state index contributed by atoms with van der Waals surface area (Å²) in [7, 11) is -5.33. The Bertz CT molecular complexity index is 2180. The summed E-state index contributed by atoms with van der Waals surface area (Å²) in [6, 6.07) is -0.0623. The van der Waals surface area contributed by atoms with Crippen molar-refractivity contribution in [2.24, 2.45) is 0 Å². The Morgan fingerprint density at radius 3 is 1.48 bits per heavy atom. The number of hydrogen-bond donors (Lipinski definition) is 12. The van der Waals surface area contributed by atoms with Gasteiger partial charge in [-0.05, 0) is 31.5 Å². The Labute approximate surface area is 481 Å². The van der Waals surface area contributed by atoms with Crippen LogP contribution in [-0.2, 0) is 62.1 Å². The molecule has 0 aromatic heterocycles. The fraction of sp³-hybridized carbons (Fsp3) is 0.796. The van der Waals surface area contributed by atoms with Crippen LogP contribution in [0.1, 0.15) is 103 Å². The minimum absolute atomic E-state index is 0. The van der Waals surface area contributed by atoms with Gasteiger partial charge in [0.05, 0.1) is 45.2 Å². The number of amides is 4. The van der Waals surface area contributed by atoms with Gasteiger partial charge in [0, 0.05) is 26.3 Å². The first-order valence-electron chi connectivity index (χ1n) is 26.3. The van der Waals surface area contributed by atoms with Crippen LogP contribution in [0.4, 0.5) is 0 Å². The molecule has 1 aromatic rings. The van der Waals surface area contributed by atoms with Crippen LogP contribution < -0.4 is 55.6 Å². The summed E-state index contributed by atoms with van der Waals surface area (Å²) < 4.78 is 86.7. The maximum Gasteiger partial charge on any atom is 1.00 e. The topological polar surface area (TPSA) is 419 Å². The van der Waals surface area contributed by atoms with E-state index in [-0.39, 0.29) is 35.1 Å². The molecular formula is C49H79N4NaO24S. The van der Waals surface area contributed by atoms with Gasteiger partial charge in [0.2, 0.25) is 28.1 Å². The monoisotopic (exact) mass is 1160 g/mol. The Hall–Kier alpha value is -2.83. The van der Waals surface area contributed by atoms with Crippen LogP contribution in [0.3, 0.4) is 0 Å². The van der Waals surface area contributed by atoms with E-state index in [0.717, 1.165) is 46.5 Å². The molecule has 4 aliphatic heterocycles. The molecule has 446 valence electrons. The molecular weight excluding hydrogens is 1080 g/mol. The van der Waals surface area contributed by atoms with E-state index >= 15 is 0 Å². The fourth-order valence-electron chi connectivity index (χ4n) is 9.89. The minimum atomic E-state index is -5.33. The number of nitrogens with one attached hydrogen (secondary N) is 4. The molecule has 0 spiro atoms. The molecule has 12 N–H and O–H groups in total. The van der Waals surface area contributed by atoms with Crippen molar-refractivity contribution in [2.45, 2.75) is 215 Å². The molecule has 0 radical (unpaired) electrons. The molecule has 4 amide bonds. The molecule has 79 heavy (non-hydrogen) atoms. The Balaban J connectivity index is 0.0000134. The van der Waals surface area contributed by atoms with Crippen molar-refractivity contribution in [3.05, 3.63) is 29.8 Å². The zero-order chi connectivity index (χ0) is 57.4. The SMILES string of the molecule is CCCCCCCCCCCOc1cccc(C(=O)N[C@@H]2C(O[C@H]3C(O)C(NC(C)=O)C(OC4C(CO)O[C@@H](O[C@H]5C(O)C(NC(C)=O)C(C)O[C@H]5COS(=O)(=O)[O-])[C@@H](NC(C)=O)[C@H]4O)O[C@H]3CO)OC(CO)[C@@H](O)[C@@H]2O)c1.[Na+]. The van der Waals surface area contributed by atoms with Gasteiger partial charge in [-0.25, -0.2) is 8.42 Å². The molecule has 0 saturated carbocycles. The van der Waals surface area contributed by atoms with Crippen molar-refractivity contribution in [1.82, 2.24) is 21.3 Å². The summed E-state index contributed by atoms with van der Waals surface area (Å²) in [4.78, 5) is 51.3. The van der Waals surface area contributed by atoms with Gasteiger partial charge >= 0.3 is 29.6 Å². The molecule has 0 bridgehead atoms. The Morgan fingerprint density at radius 2 is 1.01 bits per heavy atom. The number of aliphatic hydroxyl groups is 8. The van der Waals surface area contributed by atoms with E-state index in [0.29, 0.717) is 12.4 Å². The molecule has 4 heterocycles. The quantitative estimate of drug-likeness (QED) is 0.0161. The Kier molecular flexibility index (Phi) is 28.6. The summed E-state index contributed by atoms with van der Waals surface area (Å²) >= 11 is 0. The molecule has 4 saturated heterocycles. The first-order chi connectivity index (χ1) is 37.0. The van der Waals surface area contributed by atoms with E-state index in [1.165, 1.54) is 51.2 Å². The van der Waals surface area contributed by atoms with E-state index in [1.807, 2.05) is 0 Å². The summed E-state index contributed by atoms with van der Waals surface area (Å²) in [6.07, 6.45) is -17.6. The van der Waals surface area contributed by atoms with Crippen LogP contribution in [0.2, 0.25) is 0 Å². The van der Waals surface area contributed by atoms with Crippen LogP contribution >= 0.6 is 0 Å². The summed E-state index contributed by atoms with van der Waals surface area (Å²) in [5.74, 6) is -2.60. The number of aliphatic hydroxyl groups excluding tert-OH is 8. The average molecular weight is 1160 g/mol. The third-order valence-corrected chi connectivity index (χ3v) is 14.2. The largest absolute Gasteiger partial charge is 1.00 e. The molecule has 5 rings (SSSR count). The number of carbonyl (C=O) groups is 4. The number of benzene rings is 1. The third kappa shape index (κ3) is 19.6. The van der Waals surface area contributed by atoms with E-state index < -0.39 is 183 Å². The van der Waals surface area contributed by atoms with Crippen LogP contribution in [0.5, 0.6) is 5.75 Å². The second-order valence-electron chi connectivity index (χ2n) is 19.9. The van der Waals surface area contributed by atoms with Gasteiger partial charge in [-0.1, -0.05) is 64.4 Å².